The van der Waals surface area contributed by atoms with E-state index >= 15 is 0 Å². The van der Waals surface area contributed by atoms with E-state index in [1.54, 1.807) is 42.2 Å². The van der Waals surface area contributed by atoms with Crippen molar-refractivity contribution in [3.63, 3.8) is 0 Å². The van der Waals surface area contributed by atoms with Gasteiger partial charge in [0.25, 0.3) is 5.91 Å². The molecular weight excluding hydrogens is 397 g/mol. The van der Waals surface area contributed by atoms with Crippen molar-refractivity contribution in [2.75, 3.05) is 5.32 Å². The summed E-state index contributed by atoms with van der Waals surface area (Å²) in [7, 11) is 1.73. The number of carbonyl (C=O) groups excluding carboxylic acids is 1. The SMILES string of the molecule is Cn1ccnc1C(=O)Nc1c[nH]c2ccc(OCc3ccc(C(F)(F)F)cc3)cc12. The number of nitrogens with one attached hydrogen (secondary N) is 2. The van der Waals surface area contributed by atoms with Gasteiger partial charge in [0, 0.05) is 36.5 Å². The number of aromatic nitrogens is 3. The standard InChI is InChI=1S/C21H17F3N4O2/c1-28-9-8-25-19(28)20(29)27-18-11-26-17-7-6-15(10-16(17)18)30-12-13-2-4-14(5-3-13)21(22,23)24/h2-11,26H,12H2,1H3,(H,27,29). The zero-order chi connectivity index (χ0) is 21.3. The number of nitrogens with zero attached hydrogens (tertiary/aromatic N) is 2. The van der Waals surface area contributed by atoms with Crippen LogP contribution in [0.1, 0.15) is 21.7 Å². The predicted octanol–water partition coefficient (Wildman–Crippen LogP) is 4.75. The zero-order valence-corrected chi connectivity index (χ0v) is 15.8. The van der Waals surface area contributed by atoms with E-state index in [9.17, 15) is 18.0 Å². The first-order valence-electron chi connectivity index (χ1n) is 9.00. The van der Waals surface area contributed by atoms with Crippen LogP contribution in [0.25, 0.3) is 10.9 Å². The summed E-state index contributed by atoms with van der Waals surface area (Å²) in [4.78, 5) is 19.5. The van der Waals surface area contributed by atoms with E-state index < -0.39 is 11.7 Å². The van der Waals surface area contributed by atoms with E-state index in [0.717, 1.165) is 23.0 Å². The largest absolute Gasteiger partial charge is 0.489 e. The third-order valence-electron chi connectivity index (χ3n) is 4.61. The van der Waals surface area contributed by atoms with Crippen LogP contribution < -0.4 is 10.1 Å². The maximum atomic E-state index is 12.7. The fourth-order valence-corrected chi connectivity index (χ4v) is 3.01. The van der Waals surface area contributed by atoms with Crippen LogP contribution in [0.4, 0.5) is 18.9 Å². The lowest BCUT2D eigenvalue weighted by atomic mass is 10.1. The van der Waals surface area contributed by atoms with Crippen molar-refractivity contribution >= 4 is 22.5 Å². The van der Waals surface area contributed by atoms with Crippen molar-refractivity contribution in [1.82, 2.24) is 14.5 Å². The van der Waals surface area contributed by atoms with Gasteiger partial charge in [0.1, 0.15) is 12.4 Å². The Labute approximate surface area is 169 Å². The number of ether oxygens (including phenoxy) is 1. The van der Waals surface area contributed by atoms with Crippen molar-refractivity contribution in [3.05, 3.63) is 78.0 Å². The van der Waals surface area contributed by atoms with Crippen LogP contribution in [0.5, 0.6) is 5.75 Å². The Bertz CT molecular complexity index is 1190. The molecule has 30 heavy (non-hydrogen) atoms. The first kappa shape index (κ1) is 19.6. The molecule has 2 heterocycles. The molecule has 9 heteroatoms. The Hall–Kier alpha value is -3.75. The summed E-state index contributed by atoms with van der Waals surface area (Å²) in [5, 5.41) is 3.55. The van der Waals surface area contributed by atoms with Crippen LogP contribution >= 0.6 is 0 Å². The molecule has 0 atom stereocenters. The van der Waals surface area contributed by atoms with Gasteiger partial charge in [-0.1, -0.05) is 12.1 Å². The molecule has 0 saturated heterocycles. The highest BCUT2D eigenvalue weighted by Crippen LogP contribution is 2.30. The lowest BCUT2D eigenvalue weighted by Crippen LogP contribution is -2.16. The number of anilines is 1. The molecule has 0 aliphatic carbocycles. The van der Waals surface area contributed by atoms with Crippen molar-refractivity contribution in [3.8, 4) is 5.75 Å². The number of hydrogen-bond donors (Lipinski definition) is 2. The Morgan fingerprint density at radius 1 is 1.20 bits per heavy atom. The molecule has 0 unspecified atom stereocenters. The van der Waals surface area contributed by atoms with E-state index in [1.807, 2.05) is 0 Å². The number of imidazole rings is 1. The van der Waals surface area contributed by atoms with Crippen LogP contribution in [-0.4, -0.2) is 20.4 Å². The number of hydrogen-bond acceptors (Lipinski definition) is 3. The van der Waals surface area contributed by atoms with Crippen molar-refractivity contribution in [2.24, 2.45) is 7.05 Å². The second kappa shape index (κ2) is 7.58. The first-order chi connectivity index (χ1) is 14.3. The van der Waals surface area contributed by atoms with Crippen molar-refractivity contribution in [1.29, 1.82) is 0 Å². The molecule has 0 aliphatic heterocycles. The minimum atomic E-state index is -4.37. The topological polar surface area (TPSA) is 71.9 Å². The highest BCUT2D eigenvalue weighted by molar-refractivity contribution is 6.07. The third kappa shape index (κ3) is 4.00. The molecule has 2 aromatic carbocycles. The highest BCUT2D eigenvalue weighted by atomic mass is 19.4. The van der Waals surface area contributed by atoms with Crippen LogP contribution in [0.3, 0.4) is 0 Å². The average Bonchev–Trinajstić information content (AvgIpc) is 3.32. The maximum absolute atomic E-state index is 12.7. The van der Waals surface area contributed by atoms with Gasteiger partial charge in [-0.3, -0.25) is 4.79 Å². The smallest absolute Gasteiger partial charge is 0.416 e. The number of benzene rings is 2. The molecule has 1 amide bonds. The molecule has 0 saturated carbocycles. The van der Waals surface area contributed by atoms with Gasteiger partial charge in [0.05, 0.1) is 11.3 Å². The van der Waals surface area contributed by atoms with E-state index in [2.05, 4.69) is 15.3 Å². The average molecular weight is 414 g/mol. The lowest BCUT2D eigenvalue weighted by Gasteiger charge is -2.10. The van der Waals surface area contributed by atoms with Crippen LogP contribution in [0.2, 0.25) is 0 Å². The number of alkyl halides is 3. The third-order valence-corrected chi connectivity index (χ3v) is 4.61. The summed E-state index contributed by atoms with van der Waals surface area (Å²) < 4.78 is 45.3. The van der Waals surface area contributed by atoms with Gasteiger partial charge in [-0.2, -0.15) is 13.2 Å². The van der Waals surface area contributed by atoms with Crippen molar-refractivity contribution in [2.45, 2.75) is 12.8 Å². The monoisotopic (exact) mass is 414 g/mol. The van der Waals surface area contributed by atoms with E-state index in [1.165, 1.54) is 18.3 Å². The summed E-state index contributed by atoms with van der Waals surface area (Å²) in [6.45, 7) is 0.114. The molecule has 154 valence electrons. The quantitative estimate of drug-likeness (QED) is 0.495. The normalized spacial score (nSPS) is 11.6. The first-order valence-corrected chi connectivity index (χ1v) is 9.00. The summed E-state index contributed by atoms with van der Waals surface area (Å²) >= 11 is 0. The minimum absolute atomic E-state index is 0.114. The van der Waals surface area contributed by atoms with Crippen molar-refractivity contribution < 1.29 is 22.7 Å². The molecule has 0 fully saturated rings. The predicted molar refractivity (Wildman–Crippen MR) is 105 cm³/mol. The Morgan fingerprint density at radius 3 is 2.63 bits per heavy atom. The van der Waals surface area contributed by atoms with Gasteiger partial charge in [0.15, 0.2) is 5.82 Å². The summed E-state index contributed by atoms with van der Waals surface area (Å²) in [6, 6.07) is 10.1. The van der Waals surface area contributed by atoms with E-state index in [-0.39, 0.29) is 18.3 Å². The van der Waals surface area contributed by atoms with Crippen LogP contribution in [-0.2, 0) is 19.8 Å². The Balaban J connectivity index is 1.48. The maximum Gasteiger partial charge on any atom is 0.416 e. The number of rotatable bonds is 5. The number of aromatic amines is 1. The second-order valence-corrected chi connectivity index (χ2v) is 6.71. The highest BCUT2D eigenvalue weighted by Gasteiger charge is 2.29. The lowest BCUT2D eigenvalue weighted by molar-refractivity contribution is -0.137. The van der Waals surface area contributed by atoms with Crippen LogP contribution in [0.15, 0.2) is 61.1 Å². The minimum Gasteiger partial charge on any atom is -0.489 e. The fraction of sp³-hybridized carbons (Fsp3) is 0.143. The fourth-order valence-electron chi connectivity index (χ4n) is 3.01. The number of carbonyl (C=O) groups is 1. The number of H-pyrrole nitrogens is 1. The molecule has 2 aromatic heterocycles. The van der Waals surface area contributed by atoms with Gasteiger partial charge in [0.2, 0.25) is 0 Å². The Morgan fingerprint density at radius 2 is 1.97 bits per heavy atom. The summed E-state index contributed by atoms with van der Waals surface area (Å²) in [6.07, 6.45) is 0.522. The molecule has 4 rings (SSSR count). The summed E-state index contributed by atoms with van der Waals surface area (Å²) in [5.74, 6) is 0.452. The van der Waals surface area contributed by atoms with E-state index in [4.69, 9.17) is 4.74 Å². The number of fused-ring (bicyclic) bond motifs is 1. The molecule has 0 bridgehead atoms. The van der Waals surface area contributed by atoms with E-state index in [0.29, 0.717) is 17.0 Å². The van der Waals surface area contributed by atoms with Gasteiger partial charge in [-0.05, 0) is 35.9 Å². The number of amides is 1. The van der Waals surface area contributed by atoms with Gasteiger partial charge >= 0.3 is 6.18 Å². The van der Waals surface area contributed by atoms with Gasteiger partial charge in [-0.25, -0.2) is 4.98 Å². The molecule has 0 aliphatic rings. The van der Waals surface area contributed by atoms with Crippen LogP contribution in [0, 0.1) is 0 Å². The van der Waals surface area contributed by atoms with Gasteiger partial charge in [-0.15, -0.1) is 0 Å². The zero-order valence-electron chi connectivity index (χ0n) is 15.8. The second-order valence-electron chi connectivity index (χ2n) is 6.71. The number of aryl methyl sites for hydroxylation is 1. The molecular formula is C21H17F3N4O2. The molecule has 0 radical (unpaired) electrons. The van der Waals surface area contributed by atoms with Gasteiger partial charge < -0.3 is 19.6 Å². The summed E-state index contributed by atoms with van der Waals surface area (Å²) in [5.41, 5.74) is 1.28. The molecule has 2 N–H and O–H groups in total. The number of halogens is 3. The Kier molecular flexibility index (Phi) is 4.94. The molecule has 0 spiro atoms. The molecule has 4 aromatic rings. The molecule has 6 nitrogen and oxygen atoms in total.